The average molecular weight is 400 g/mol. The van der Waals surface area contributed by atoms with Gasteiger partial charge in [-0.2, -0.15) is 0 Å². The molecule has 1 N–H and O–H groups in total. The van der Waals surface area contributed by atoms with Gasteiger partial charge in [-0.05, 0) is 48.4 Å². The third-order valence-corrected chi connectivity index (χ3v) is 5.62. The van der Waals surface area contributed by atoms with Crippen molar-refractivity contribution in [3.8, 4) is 5.75 Å². The molecule has 0 bridgehead atoms. The maximum Gasteiger partial charge on any atom is 0.321 e. The number of carbonyl (C=O) groups excluding carboxylic acids is 2. The number of nitrogens with zero attached hydrogens (tertiary/aromatic N) is 2. The van der Waals surface area contributed by atoms with E-state index in [1.807, 2.05) is 37.3 Å². The fourth-order valence-corrected chi connectivity index (χ4v) is 3.67. The van der Waals surface area contributed by atoms with Crippen molar-refractivity contribution in [3.63, 3.8) is 0 Å². The quantitative estimate of drug-likeness (QED) is 0.839. The molecule has 2 heterocycles. The lowest BCUT2D eigenvalue weighted by atomic mass is 10.1. The van der Waals surface area contributed by atoms with Crippen molar-refractivity contribution in [2.75, 3.05) is 38.1 Å². The molecular formula is C21H22ClN3O3. The predicted molar refractivity (Wildman–Crippen MR) is 108 cm³/mol. The van der Waals surface area contributed by atoms with Gasteiger partial charge in [0.1, 0.15) is 5.75 Å². The summed E-state index contributed by atoms with van der Waals surface area (Å²) in [4.78, 5) is 28.8. The number of ether oxygens (including phenoxy) is 1. The Morgan fingerprint density at radius 1 is 1.04 bits per heavy atom. The molecule has 0 atom stereocenters. The first-order valence-corrected chi connectivity index (χ1v) is 9.76. The Balaban J connectivity index is 1.34. The number of fused-ring (bicyclic) bond motifs is 1. The highest BCUT2D eigenvalue weighted by Gasteiger charge is 2.26. The van der Waals surface area contributed by atoms with E-state index in [4.69, 9.17) is 16.3 Å². The van der Waals surface area contributed by atoms with Crippen molar-refractivity contribution in [2.45, 2.75) is 13.3 Å². The minimum atomic E-state index is -0.179. The van der Waals surface area contributed by atoms with Gasteiger partial charge in [-0.3, -0.25) is 4.79 Å². The lowest BCUT2D eigenvalue weighted by molar-refractivity contribution is 0.0671. The van der Waals surface area contributed by atoms with Crippen LogP contribution in [0.2, 0.25) is 5.02 Å². The van der Waals surface area contributed by atoms with Crippen molar-refractivity contribution < 1.29 is 14.3 Å². The predicted octanol–water partition coefficient (Wildman–Crippen LogP) is 3.57. The molecule has 146 valence electrons. The summed E-state index contributed by atoms with van der Waals surface area (Å²) in [6.07, 6.45) is 0.841. The number of nitrogens with one attached hydrogen (secondary N) is 1. The molecular weight excluding hydrogens is 378 g/mol. The summed E-state index contributed by atoms with van der Waals surface area (Å²) in [5.74, 6) is 0.870. The number of aryl methyl sites for hydroxylation is 1. The molecule has 4 rings (SSSR count). The van der Waals surface area contributed by atoms with Gasteiger partial charge in [-0.15, -0.1) is 0 Å². The second-order valence-corrected chi connectivity index (χ2v) is 7.50. The number of anilines is 1. The van der Waals surface area contributed by atoms with Gasteiger partial charge in [0.25, 0.3) is 5.91 Å². The number of benzene rings is 2. The average Bonchev–Trinajstić information content (AvgIpc) is 3.18. The fraction of sp³-hybridized carbons (Fsp3) is 0.333. The number of urea groups is 1. The first kappa shape index (κ1) is 18.6. The monoisotopic (exact) mass is 399 g/mol. The molecule has 0 aliphatic carbocycles. The normalized spacial score (nSPS) is 15.8. The largest absolute Gasteiger partial charge is 0.493 e. The summed E-state index contributed by atoms with van der Waals surface area (Å²) in [6, 6.07) is 10.9. The van der Waals surface area contributed by atoms with Crippen LogP contribution in [0, 0.1) is 6.92 Å². The Morgan fingerprint density at radius 2 is 1.79 bits per heavy atom. The number of piperazine rings is 1. The zero-order chi connectivity index (χ0) is 19.7. The van der Waals surface area contributed by atoms with Crippen LogP contribution in [0.1, 0.15) is 21.5 Å². The number of rotatable bonds is 2. The maximum absolute atomic E-state index is 12.8. The van der Waals surface area contributed by atoms with E-state index in [0.29, 0.717) is 49.1 Å². The second kappa shape index (κ2) is 7.72. The number of carbonyl (C=O) groups is 2. The summed E-state index contributed by atoms with van der Waals surface area (Å²) >= 11 is 6.11. The second-order valence-electron chi connectivity index (χ2n) is 7.09. The molecule has 3 amide bonds. The van der Waals surface area contributed by atoms with Gasteiger partial charge in [0.2, 0.25) is 0 Å². The molecule has 0 saturated carbocycles. The summed E-state index contributed by atoms with van der Waals surface area (Å²) < 4.78 is 5.50. The van der Waals surface area contributed by atoms with E-state index >= 15 is 0 Å². The van der Waals surface area contributed by atoms with Crippen LogP contribution in [0.4, 0.5) is 10.5 Å². The van der Waals surface area contributed by atoms with E-state index in [2.05, 4.69) is 5.32 Å². The molecule has 1 saturated heterocycles. The zero-order valence-corrected chi connectivity index (χ0v) is 16.5. The molecule has 0 radical (unpaired) electrons. The Hall–Kier alpha value is -2.73. The van der Waals surface area contributed by atoms with Crippen LogP contribution in [0.5, 0.6) is 5.75 Å². The standard InChI is InChI=1S/C21H22ClN3O3/c1-14-2-4-17(13-18(14)22)23-21(27)25-9-7-24(8-10-25)20(26)16-3-5-19-15(12-16)6-11-28-19/h2-5,12-13H,6-11H2,1H3,(H,23,27). The van der Waals surface area contributed by atoms with Crippen LogP contribution in [0.25, 0.3) is 0 Å². The van der Waals surface area contributed by atoms with Gasteiger partial charge in [-0.1, -0.05) is 17.7 Å². The van der Waals surface area contributed by atoms with E-state index in [0.717, 1.165) is 23.3 Å². The minimum Gasteiger partial charge on any atom is -0.493 e. The van der Waals surface area contributed by atoms with E-state index in [1.165, 1.54) is 0 Å². The molecule has 6 nitrogen and oxygen atoms in total. The number of hydrogen-bond donors (Lipinski definition) is 1. The Morgan fingerprint density at radius 3 is 2.54 bits per heavy atom. The van der Waals surface area contributed by atoms with Crippen molar-refractivity contribution in [1.82, 2.24) is 9.80 Å². The van der Waals surface area contributed by atoms with Crippen LogP contribution in [-0.2, 0) is 6.42 Å². The molecule has 2 aromatic carbocycles. The molecule has 2 aliphatic heterocycles. The lowest BCUT2D eigenvalue weighted by Crippen LogP contribution is -2.51. The van der Waals surface area contributed by atoms with E-state index in [1.54, 1.807) is 15.9 Å². The molecule has 0 unspecified atom stereocenters. The third-order valence-electron chi connectivity index (χ3n) is 5.21. The van der Waals surface area contributed by atoms with Gasteiger partial charge >= 0.3 is 6.03 Å². The minimum absolute atomic E-state index is 0.0000690. The van der Waals surface area contributed by atoms with Gasteiger partial charge in [-0.25, -0.2) is 4.79 Å². The number of halogens is 1. The zero-order valence-electron chi connectivity index (χ0n) is 15.7. The molecule has 28 heavy (non-hydrogen) atoms. The Bertz CT molecular complexity index is 923. The van der Waals surface area contributed by atoms with Gasteiger partial charge in [0, 0.05) is 48.9 Å². The number of amides is 3. The van der Waals surface area contributed by atoms with Gasteiger partial charge in [0.15, 0.2) is 0 Å². The van der Waals surface area contributed by atoms with Crippen LogP contribution < -0.4 is 10.1 Å². The van der Waals surface area contributed by atoms with Crippen molar-refractivity contribution in [1.29, 1.82) is 0 Å². The molecule has 7 heteroatoms. The van der Waals surface area contributed by atoms with Crippen LogP contribution in [-0.4, -0.2) is 54.5 Å². The van der Waals surface area contributed by atoms with Crippen LogP contribution in [0.3, 0.4) is 0 Å². The van der Waals surface area contributed by atoms with Crippen LogP contribution >= 0.6 is 11.6 Å². The first-order chi connectivity index (χ1) is 13.5. The van der Waals surface area contributed by atoms with E-state index < -0.39 is 0 Å². The molecule has 2 aromatic rings. The summed E-state index contributed by atoms with van der Waals surface area (Å²) in [5.41, 5.74) is 3.39. The van der Waals surface area contributed by atoms with Crippen molar-refractivity contribution in [3.05, 3.63) is 58.1 Å². The third kappa shape index (κ3) is 3.78. The highest BCUT2D eigenvalue weighted by molar-refractivity contribution is 6.31. The highest BCUT2D eigenvalue weighted by atomic mass is 35.5. The SMILES string of the molecule is Cc1ccc(NC(=O)N2CCN(C(=O)c3ccc4c(c3)CCO4)CC2)cc1Cl. The topological polar surface area (TPSA) is 61.9 Å². The van der Waals surface area contributed by atoms with Crippen molar-refractivity contribution in [2.24, 2.45) is 0 Å². The van der Waals surface area contributed by atoms with Crippen molar-refractivity contribution >= 4 is 29.2 Å². The fourth-order valence-electron chi connectivity index (χ4n) is 3.49. The molecule has 0 spiro atoms. The Labute approximate surface area is 169 Å². The summed E-state index contributed by atoms with van der Waals surface area (Å²) in [6.45, 7) is 4.59. The van der Waals surface area contributed by atoms with Crippen LogP contribution in [0.15, 0.2) is 36.4 Å². The summed E-state index contributed by atoms with van der Waals surface area (Å²) in [5, 5.41) is 3.49. The molecule has 1 fully saturated rings. The maximum atomic E-state index is 12.8. The lowest BCUT2D eigenvalue weighted by Gasteiger charge is -2.34. The highest BCUT2D eigenvalue weighted by Crippen LogP contribution is 2.26. The van der Waals surface area contributed by atoms with E-state index in [9.17, 15) is 9.59 Å². The van der Waals surface area contributed by atoms with Gasteiger partial charge < -0.3 is 19.9 Å². The van der Waals surface area contributed by atoms with E-state index in [-0.39, 0.29) is 11.9 Å². The number of hydrogen-bond acceptors (Lipinski definition) is 3. The Kier molecular flexibility index (Phi) is 5.13. The molecule has 0 aromatic heterocycles. The molecule has 2 aliphatic rings. The van der Waals surface area contributed by atoms with Gasteiger partial charge in [0.05, 0.1) is 6.61 Å². The summed E-state index contributed by atoms with van der Waals surface area (Å²) in [7, 11) is 0. The smallest absolute Gasteiger partial charge is 0.321 e. The first-order valence-electron chi connectivity index (χ1n) is 9.38.